The summed E-state index contributed by atoms with van der Waals surface area (Å²) < 4.78 is 32.5. The summed E-state index contributed by atoms with van der Waals surface area (Å²) in [5.41, 5.74) is 3.33. The number of ether oxygens (including phenoxy) is 1. The molecule has 2 aliphatic rings. The van der Waals surface area contributed by atoms with Gasteiger partial charge in [0.15, 0.2) is 5.82 Å². The van der Waals surface area contributed by atoms with Crippen molar-refractivity contribution in [2.45, 2.75) is 52.5 Å². The van der Waals surface area contributed by atoms with Crippen LogP contribution in [0.2, 0.25) is 0 Å². The van der Waals surface area contributed by atoms with Crippen molar-refractivity contribution in [1.29, 1.82) is 5.26 Å². The number of morpholine rings is 1. The van der Waals surface area contributed by atoms with Gasteiger partial charge in [0.1, 0.15) is 17.6 Å². The number of carbonyl (C=O) groups is 1. The van der Waals surface area contributed by atoms with Gasteiger partial charge in [0.25, 0.3) is 5.91 Å². The first-order valence-electron chi connectivity index (χ1n) is 12.8. The highest BCUT2D eigenvalue weighted by Crippen LogP contribution is 2.41. The topological polar surface area (TPSA) is 140 Å². The second-order valence-electron chi connectivity index (χ2n) is 11.1. The fraction of sp³-hybridized carbons (Fsp3) is 0.519. The standard InChI is InChI=1S/C27H36N6O4S/c1-26(2)9-7-19(8-10-26)22-15-20(5-6-23(22)32-25(34)24-29-17-21(16-28)31-24)27(3,4)30-18-38(35,36)33-11-13-37-14-12-33/h5-7,15,17,30H,8-14,18H2,1-4H3,(H,29,31)(H,32,34). The van der Waals surface area contributed by atoms with Crippen LogP contribution in [0.4, 0.5) is 5.69 Å². The molecule has 1 fully saturated rings. The van der Waals surface area contributed by atoms with Crippen LogP contribution in [0.5, 0.6) is 0 Å². The Hall–Kier alpha value is -3.04. The van der Waals surface area contributed by atoms with Crippen LogP contribution in [0.1, 0.15) is 74.4 Å². The molecular weight excluding hydrogens is 504 g/mol. The van der Waals surface area contributed by atoms with Gasteiger partial charge in [0.05, 0.1) is 19.4 Å². The van der Waals surface area contributed by atoms with Crippen LogP contribution >= 0.6 is 0 Å². The predicted molar refractivity (Wildman–Crippen MR) is 146 cm³/mol. The fourth-order valence-corrected chi connectivity index (χ4v) is 6.02. The van der Waals surface area contributed by atoms with Crippen LogP contribution < -0.4 is 10.6 Å². The highest BCUT2D eigenvalue weighted by molar-refractivity contribution is 7.89. The first-order valence-corrected chi connectivity index (χ1v) is 14.4. The minimum Gasteiger partial charge on any atom is -0.379 e. The Bertz CT molecular complexity index is 1360. The lowest BCUT2D eigenvalue weighted by molar-refractivity contribution is 0.0728. The van der Waals surface area contributed by atoms with Gasteiger partial charge in [-0.05, 0) is 61.8 Å². The number of aromatic amines is 1. The maximum atomic E-state index is 12.9. The van der Waals surface area contributed by atoms with Gasteiger partial charge in [-0.2, -0.15) is 9.57 Å². The molecule has 11 heteroatoms. The van der Waals surface area contributed by atoms with Crippen LogP contribution in [0.15, 0.2) is 30.5 Å². The van der Waals surface area contributed by atoms with Crippen molar-refractivity contribution in [3.8, 4) is 6.07 Å². The molecule has 1 amide bonds. The summed E-state index contributed by atoms with van der Waals surface area (Å²) in [6.07, 6.45) is 6.34. The van der Waals surface area contributed by atoms with E-state index in [1.54, 1.807) is 0 Å². The van der Waals surface area contributed by atoms with E-state index in [1.807, 2.05) is 38.1 Å². The molecule has 0 unspecified atom stereocenters. The van der Waals surface area contributed by atoms with Crippen molar-refractivity contribution in [3.05, 3.63) is 53.1 Å². The highest BCUT2D eigenvalue weighted by Gasteiger charge is 2.30. The van der Waals surface area contributed by atoms with Gasteiger partial charge in [0, 0.05) is 29.9 Å². The average molecular weight is 541 g/mol. The summed E-state index contributed by atoms with van der Waals surface area (Å²) in [6.45, 7) is 9.91. The lowest BCUT2D eigenvalue weighted by Crippen LogP contribution is -2.48. The number of nitriles is 1. The molecule has 1 aromatic heterocycles. The molecule has 0 spiro atoms. The number of carbonyl (C=O) groups excluding carboxylic acids is 1. The van der Waals surface area contributed by atoms with Gasteiger partial charge in [-0.25, -0.2) is 13.4 Å². The zero-order valence-corrected chi connectivity index (χ0v) is 23.2. The summed E-state index contributed by atoms with van der Waals surface area (Å²) in [4.78, 5) is 19.6. The fourth-order valence-electron chi connectivity index (χ4n) is 4.59. The molecule has 1 aliphatic heterocycles. The van der Waals surface area contributed by atoms with Crippen molar-refractivity contribution in [1.82, 2.24) is 19.6 Å². The number of hydrogen-bond acceptors (Lipinski definition) is 7. The molecular formula is C27H36N6O4S. The minimum absolute atomic E-state index is 0.0608. The molecule has 0 saturated carbocycles. The van der Waals surface area contributed by atoms with E-state index < -0.39 is 21.5 Å². The van der Waals surface area contributed by atoms with Crippen LogP contribution in [0, 0.1) is 16.7 Å². The van der Waals surface area contributed by atoms with Crippen molar-refractivity contribution < 1.29 is 17.9 Å². The minimum atomic E-state index is -3.48. The largest absolute Gasteiger partial charge is 0.379 e. The zero-order valence-electron chi connectivity index (χ0n) is 22.4. The van der Waals surface area contributed by atoms with E-state index in [1.165, 1.54) is 10.5 Å². The number of anilines is 1. The maximum Gasteiger partial charge on any atom is 0.291 e. The summed E-state index contributed by atoms with van der Waals surface area (Å²) in [7, 11) is -3.48. The number of rotatable bonds is 8. The van der Waals surface area contributed by atoms with E-state index in [2.05, 4.69) is 40.5 Å². The van der Waals surface area contributed by atoms with Gasteiger partial charge in [-0.1, -0.05) is 26.0 Å². The number of aromatic nitrogens is 2. The lowest BCUT2D eigenvalue weighted by atomic mass is 9.76. The average Bonchev–Trinajstić information content (AvgIpc) is 3.38. The molecule has 2 heterocycles. The Labute approximate surface area is 224 Å². The van der Waals surface area contributed by atoms with Crippen molar-refractivity contribution in [2.75, 3.05) is 37.5 Å². The Morgan fingerprint density at radius 2 is 2.03 bits per heavy atom. The molecule has 0 radical (unpaired) electrons. The summed E-state index contributed by atoms with van der Waals surface area (Å²) in [5, 5.41) is 15.2. The Morgan fingerprint density at radius 1 is 1.29 bits per heavy atom. The third-order valence-electron chi connectivity index (χ3n) is 7.28. The molecule has 2 aromatic rings. The van der Waals surface area contributed by atoms with E-state index in [0.29, 0.717) is 32.0 Å². The van der Waals surface area contributed by atoms with Gasteiger partial charge in [-0.3, -0.25) is 10.1 Å². The molecule has 4 rings (SSSR count). The first-order chi connectivity index (χ1) is 17.9. The highest BCUT2D eigenvalue weighted by atomic mass is 32.2. The van der Waals surface area contributed by atoms with E-state index in [0.717, 1.165) is 36.0 Å². The van der Waals surface area contributed by atoms with Crippen LogP contribution in [-0.4, -0.2) is 60.8 Å². The quantitative estimate of drug-likeness (QED) is 0.465. The SMILES string of the molecule is CC1(C)CC=C(c2cc(C(C)(C)NCS(=O)(=O)N3CCOCC3)ccc2NC(=O)c2ncc(C#N)[nH]2)CC1. The van der Waals surface area contributed by atoms with Crippen LogP contribution in [0.3, 0.4) is 0 Å². The maximum absolute atomic E-state index is 12.9. The molecule has 0 atom stereocenters. The van der Waals surface area contributed by atoms with Gasteiger partial charge >= 0.3 is 0 Å². The second kappa shape index (κ2) is 11.0. The third kappa shape index (κ3) is 6.50. The molecule has 204 valence electrons. The molecule has 1 aliphatic carbocycles. The summed E-state index contributed by atoms with van der Waals surface area (Å²) >= 11 is 0. The number of H-pyrrole nitrogens is 1. The molecule has 1 saturated heterocycles. The number of amides is 1. The number of allylic oxidation sites excluding steroid dienone is 2. The zero-order chi connectivity index (χ0) is 27.6. The Balaban J connectivity index is 1.60. The summed E-state index contributed by atoms with van der Waals surface area (Å²) in [6, 6.07) is 7.70. The third-order valence-corrected chi connectivity index (χ3v) is 8.94. The van der Waals surface area contributed by atoms with E-state index in [-0.39, 0.29) is 22.8 Å². The van der Waals surface area contributed by atoms with E-state index >= 15 is 0 Å². The van der Waals surface area contributed by atoms with Crippen LogP contribution in [0.25, 0.3) is 5.57 Å². The van der Waals surface area contributed by atoms with Gasteiger partial charge < -0.3 is 15.0 Å². The normalized spacial score (nSPS) is 18.4. The smallest absolute Gasteiger partial charge is 0.291 e. The molecule has 10 nitrogen and oxygen atoms in total. The number of benzene rings is 1. The Kier molecular flexibility index (Phi) is 8.09. The van der Waals surface area contributed by atoms with Gasteiger partial charge in [0.2, 0.25) is 10.0 Å². The second-order valence-corrected chi connectivity index (χ2v) is 13.1. The number of nitrogens with zero attached hydrogens (tertiary/aromatic N) is 3. The summed E-state index contributed by atoms with van der Waals surface area (Å²) in [5.74, 6) is -0.568. The lowest BCUT2D eigenvalue weighted by Gasteiger charge is -2.32. The van der Waals surface area contributed by atoms with E-state index in [4.69, 9.17) is 10.00 Å². The molecule has 1 aromatic carbocycles. The van der Waals surface area contributed by atoms with Crippen molar-refractivity contribution >= 4 is 27.2 Å². The monoisotopic (exact) mass is 540 g/mol. The number of sulfonamides is 1. The van der Waals surface area contributed by atoms with Crippen LogP contribution in [-0.2, 0) is 20.3 Å². The molecule has 0 bridgehead atoms. The van der Waals surface area contributed by atoms with Gasteiger partial charge in [-0.15, -0.1) is 0 Å². The molecule has 38 heavy (non-hydrogen) atoms. The van der Waals surface area contributed by atoms with Crippen molar-refractivity contribution in [3.63, 3.8) is 0 Å². The van der Waals surface area contributed by atoms with Crippen molar-refractivity contribution in [2.24, 2.45) is 5.41 Å². The Morgan fingerprint density at radius 3 is 2.66 bits per heavy atom. The number of imidazole rings is 1. The predicted octanol–water partition coefficient (Wildman–Crippen LogP) is 3.57. The first kappa shape index (κ1) is 28.0. The molecule has 3 N–H and O–H groups in total. The number of nitrogens with one attached hydrogen (secondary N) is 3. The number of hydrogen-bond donors (Lipinski definition) is 3. The van der Waals surface area contributed by atoms with E-state index in [9.17, 15) is 13.2 Å².